The average Bonchev–Trinajstić information content (AvgIpc) is 3.26. The van der Waals surface area contributed by atoms with Crippen LogP contribution in [0, 0.1) is 5.92 Å². The van der Waals surface area contributed by atoms with E-state index in [0.29, 0.717) is 33.9 Å². The lowest BCUT2D eigenvalue weighted by atomic mass is 9.97. The fraction of sp³-hybridized carbons (Fsp3) is 0.273. The van der Waals surface area contributed by atoms with Crippen LogP contribution in [-0.4, -0.2) is 38.1 Å². The standard InChI is InChI=1S/C22H20ClN3O4/c1-3-13(2)19(26-20(27)16-6-4-5-7-17(16)21(26)28)22(29)30-12-15-11-25-10-14(23)8-9-18(25)24-15/h4-11,13,19H,3,12H2,1-2H3/t13-,19+/m1/s1. The minimum absolute atomic E-state index is 0.0752. The molecule has 30 heavy (non-hydrogen) atoms. The second-order valence-electron chi connectivity index (χ2n) is 7.31. The number of nitrogens with zero attached hydrogens (tertiary/aromatic N) is 3. The number of ether oxygens (including phenoxy) is 1. The van der Waals surface area contributed by atoms with E-state index in [1.165, 1.54) is 0 Å². The van der Waals surface area contributed by atoms with E-state index in [1.54, 1.807) is 53.2 Å². The van der Waals surface area contributed by atoms with Crippen LogP contribution in [0.5, 0.6) is 0 Å². The summed E-state index contributed by atoms with van der Waals surface area (Å²) in [6, 6.07) is 9.05. The van der Waals surface area contributed by atoms with E-state index in [-0.39, 0.29) is 12.5 Å². The van der Waals surface area contributed by atoms with Gasteiger partial charge in [0.1, 0.15) is 18.3 Å². The highest BCUT2D eigenvalue weighted by molar-refractivity contribution is 6.30. The summed E-state index contributed by atoms with van der Waals surface area (Å²) in [4.78, 5) is 44.1. The summed E-state index contributed by atoms with van der Waals surface area (Å²) in [7, 11) is 0. The normalized spacial score (nSPS) is 15.4. The minimum Gasteiger partial charge on any atom is -0.458 e. The zero-order valence-corrected chi connectivity index (χ0v) is 17.3. The first-order chi connectivity index (χ1) is 14.4. The number of esters is 1. The maximum atomic E-state index is 13.0. The van der Waals surface area contributed by atoms with Gasteiger partial charge in [-0.3, -0.25) is 14.5 Å². The molecule has 4 rings (SSSR count). The van der Waals surface area contributed by atoms with Gasteiger partial charge in [0.05, 0.1) is 21.8 Å². The molecule has 8 heteroatoms. The van der Waals surface area contributed by atoms with Crippen LogP contribution < -0.4 is 0 Å². The maximum absolute atomic E-state index is 13.0. The smallest absolute Gasteiger partial charge is 0.330 e. The number of rotatable bonds is 6. The van der Waals surface area contributed by atoms with E-state index in [9.17, 15) is 14.4 Å². The Kier molecular flexibility index (Phi) is 5.30. The lowest BCUT2D eigenvalue weighted by molar-refractivity contribution is -0.151. The van der Waals surface area contributed by atoms with Crippen molar-refractivity contribution in [2.75, 3.05) is 0 Å². The Morgan fingerprint density at radius 3 is 2.40 bits per heavy atom. The number of amides is 2. The van der Waals surface area contributed by atoms with Gasteiger partial charge in [0.2, 0.25) is 0 Å². The maximum Gasteiger partial charge on any atom is 0.330 e. The summed E-state index contributed by atoms with van der Waals surface area (Å²) in [5.74, 6) is -1.84. The molecule has 0 spiro atoms. The van der Waals surface area contributed by atoms with Crippen molar-refractivity contribution in [2.45, 2.75) is 32.9 Å². The molecule has 7 nitrogen and oxygen atoms in total. The Morgan fingerprint density at radius 1 is 1.10 bits per heavy atom. The second kappa shape index (κ2) is 7.91. The van der Waals surface area contributed by atoms with E-state index < -0.39 is 23.8 Å². The number of carbonyl (C=O) groups excluding carboxylic acids is 3. The molecule has 1 aliphatic rings. The van der Waals surface area contributed by atoms with Gasteiger partial charge in [0.15, 0.2) is 0 Å². The van der Waals surface area contributed by atoms with Gasteiger partial charge in [0.25, 0.3) is 11.8 Å². The topological polar surface area (TPSA) is 81.0 Å². The first kappa shape index (κ1) is 20.1. The number of pyridine rings is 1. The first-order valence-corrected chi connectivity index (χ1v) is 10.0. The van der Waals surface area contributed by atoms with Gasteiger partial charge in [-0.15, -0.1) is 0 Å². The predicted molar refractivity (Wildman–Crippen MR) is 110 cm³/mol. The number of imide groups is 1. The highest BCUT2D eigenvalue weighted by Gasteiger charge is 2.45. The van der Waals surface area contributed by atoms with Crippen LogP contribution in [0.2, 0.25) is 5.02 Å². The lowest BCUT2D eigenvalue weighted by Crippen LogP contribution is -2.49. The highest BCUT2D eigenvalue weighted by atomic mass is 35.5. The molecule has 0 fully saturated rings. The van der Waals surface area contributed by atoms with E-state index in [0.717, 1.165) is 4.90 Å². The first-order valence-electron chi connectivity index (χ1n) is 9.67. The molecule has 1 aliphatic heterocycles. The third kappa shape index (κ3) is 3.45. The summed E-state index contributed by atoms with van der Waals surface area (Å²) in [6.45, 7) is 3.64. The number of halogens is 1. The van der Waals surface area contributed by atoms with Crippen LogP contribution in [0.4, 0.5) is 0 Å². The molecule has 0 saturated carbocycles. The van der Waals surface area contributed by atoms with Crippen LogP contribution in [0.3, 0.4) is 0 Å². The molecule has 0 saturated heterocycles. The Morgan fingerprint density at radius 2 is 1.77 bits per heavy atom. The molecule has 3 heterocycles. The van der Waals surface area contributed by atoms with Crippen LogP contribution >= 0.6 is 11.6 Å². The number of aromatic nitrogens is 2. The molecule has 0 aliphatic carbocycles. The number of carbonyl (C=O) groups is 3. The van der Waals surface area contributed by atoms with Crippen molar-refractivity contribution < 1.29 is 19.1 Å². The van der Waals surface area contributed by atoms with Gasteiger partial charge < -0.3 is 9.14 Å². The minimum atomic E-state index is -1.01. The lowest BCUT2D eigenvalue weighted by Gasteiger charge is -2.28. The summed E-state index contributed by atoms with van der Waals surface area (Å²) < 4.78 is 7.22. The molecule has 0 N–H and O–H groups in total. The van der Waals surface area contributed by atoms with Crippen molar-refractivity contribution in [3.8, 4) is 0 Å². The SMILES string of the molecule is CC[C@@H](C)[C@@H](C(=O)OCc1cn2cc(Cl)ccc2n1)N1C(=O)c2ccccc2C1=O. The number of imidazole rings is 1. The number of hydrogen-bond acceptors (Lipinski definition) is 5. The average molecular weight is 426 g/mol. The van der Waals surface area contributed by atoms with Crippen LogP contribution in [0.15, 0.2) is 48.8 Å². The summed E-state index contributed by atoms with van der Waals surface area (Å²) in [6.07, 6.45) is 4.02. The van der Waals surface area contributed by atoms with Crippen LogP contribution in [0.25, 0.3) is 5.65 Å². The fourth-order valence-electron chi connectivity index (χ4n) is 3.59. The molecule has 0 unspecified atom stereocenters. The Balaban J connectivity index is 1.56. The molecule has 3 aromatic rings. The molecule has 0 bridgehead atoms. The van der Waals surface area contributed by atoms with Crippen molar-refractivity contribution in [1.82, 2.24) is 14.3 Å². The quantitative estimate of drug-likeness (QED) is 0.444. The third-order valence-corrected chi connectivity index (χ3v) is 5.58. The highest BCUT2D eigenvalue weighted by Crippen LogP contribution is 2.29. The number of fused-ring (bicyclic) bond motifs is 2. The Labute approximate surface area is 178 Å². The van der Waals surface area contributed by atoms with Crippen LogP contribution in [-0.2, 0) is 16.1 Å². The predicted octanol–water partition coefficient (Wildman–Crippen LogP) is 3.74. The van der Waals surface area contributed by atoms with Crippen molar-refractivity contribution in [3.63, 3.8) is 0 Å². The van der Waals surface area contributed by atoms with E-state index in [2.05, 4.69) is 4.98 Å². The number of hydrogen-bond donors (Lipinski definition) is 0. The van der Waals surface area contributed by atoms with E-state index >= 15 is 0 Å². The van der Waals surface area contributed by atoms with Crippen molar-refractivity contribution in [1.29, 1.82) is 0 Å². The molecule has 1 aromatic carbocycles. The van der Waals surface area contributed by atoms with E-state index in [4.69, 9.17) is 16.3 Å². The second-order valence-corrected chi connectivity index (χ2v) is 7.75. The van der Waals surface area contributed by atoms with Crippen molar-refractivity contribution in [2.24, 2.45) is 5.92 Å². The fourth-order valence-corrected chi connectivity index (χ4v) is 3.76. The van der Waals surface area contributed by atoms with Gasteiger partial charge in [-0.25, -0.2) is 9.78 Å². The molecular weight excluding hydrogens is 406 g/mol. The molecular formula is C22H20ClN3O4. The number of benzene rings is 1. The van der Waals surface area contributed by atoms with Gasteiger partial charge in [-0.05, 0) is 30.2 Å². The Bertz CT molecular complexity index is 1120. The van der Waals surface area contributed by atoms with Crippen molar-refractivity contribution in [3.05, 3.63) is 70.6 Å². The zero-order chi connectivity index (χ0) is 21.4. The van der Waals surface area contributed by atoms with Crippen LogP contribution in [0.1, 0.15) is 46.7 Å². The third-order valence-electron chi connectivity index (χ3n) is 5.36. The summed E-state index contributed by atoms with van der Waals surface area (Å²) in [5.41, 5.74) is 1.82. The molecule has 0 radical (unpaired) electrons. The van der Waals surface area contributed by atoms with Gasteiger partial charge in [-0.1, -0.05) is 44.0 Å². The van der Waals surface area contributed by atoms with Gasteiger partial charge >= 0.3 is 5.97 Å². The van der Waals surface area contributed by atoms with E-state index in [1.807, 2.05) is 13.8 Å². The summed E-state index contributed by atoms with van der Waals surface area (Å²) in [5, 5.41) is 0.561. The van der Waals surface area contributed by atoms with Gasteiger partial charge in [0, 0.05) is 12.4 Å². The van der Waals surface area contributed by atoms with Crippen molar-refractivity contribution >= 4 is 35.0 Å². The molecule has 2 aromatic heterocycles. The molecule has 2 atom stereocenters. The molecule has 2 amide bonds. The molecule has 154 valence electrons. The Hall–Kier alpha value is -3.19. The summed E-state index contributed by atoms with van der Waals surface area (Å²) >= 11 is 5.98. The largest absolute Gasteiger partial charge is 0.458 e. The zero-order valence-electron chi connectivity index (χ0n) is 16.5. The van der Waals surface area contributed by atoms with Gasteiger partial charge in [-0.2, -0.15) is 0 Å². The monoisotopic (exact) mass is 425 g/mol.